The van der Waals surface area contributed by atoms with E-state index in [4.69, 9.17) is 5.26 Å². The number of nitrogens with zero attached hydrogens (tertiary/aromatic N) is 4. The molecule has 22 heavy (non-hydrogen) atoms. The van der Waals surface area contributed by atoms with E-state index in [0.29, 0.717) is 17.3 Å². The van der Waals surface area contributed by atoms with Crippen molar-refractivity contribution in [2.45, 2.75) is 25.9 Å². The third kappa shape index (κ3) is 2.34. The molecule has 0 saturated carbocycles. The van der Waals surface area contributed by atoms with Crippen LogP contribution in [0.25, 0.3) is 11.0 Å². The van der Waals surface area contributed by atoms with Crippen molar-refractivity contribution in [3.05, 3.63) is 34.2 Å². The monoisotopic (exact) mass is 297 g/mol. The van der Waals surface area contributed by atoms with Gasteiger partial charge in [-0.25, -0.2) is 4.98 Å². The molecule has 0 amide bonds. The Bertz CT molecular complexity index is 820. The predicted octanol–water partition coefficient (Wildman–Crippen LogP) is 0.992. The highest BCUT2D eigenvalue weighted by atomic mass is 16.1. The van der Waals surface area contributed by atoms with E-state index < -0.39 is 0 Å². The normalized spacial score (nSPS) is 21.8. The van der Waals surface area contributed by atoms with E-state index in [0.717, 1.165) is 24.3 Å². The molecule has 2 aromatic rings. The van der Waals surface area contributed by atoms with Crippen LogP contribution in [0.2, 0.25) is 0 Å². The number of aryl methyl sites for hydroxylation is 1. The number of hydrogen-bond acceptors (Lipinski definition) is 5. The van der Waals surface area contributed by atoms with Gasteiger partial charge < -0.3 is 14.8 Å². The van der Waals surface area contributed by atoms with Gasteiger partial charge in [0.1, 0.15) is 17.3 Å². The molecule has 1 fully saturated rings. The molecular formula is C16H19N5O. The summed E-state index contributed by atoms with van der Waals surface area (Å²) in [5.41, 5.74) is 2.58. The Morgan fingerprint density at radius 2 is 2.18 bits per heavy atom. The van der Waals surface area contributed by atoms with Crippen LogP contribution in [0.3, 0.4) is 0 Å². The molecule has 6 heteroatoms. The second-order valence-corrected chi connectivity index (χ2v) is 5.91. The Hall–Kier alpha value is -2.39. The van der Waals surface area contributed by atoms with Crippen LogP contribution in [0.4, 0.5) is 5.69 Å². The van der Waals surface area contributed by atoms with E-state index in [-0.39, 0.29) is 11.6 Å². The molecule has 0 radical (unpaired) electrons. The lowest BCUT2D eigenvalue weighted by atomic mass is 10.1. The molecule has 1 aliphatic heterocycles. The van der Waals surface area contributed by atoms with Crippen molar-refractivity contribution in [3.63, 3.8) is 0 Å². The fourth-order valence-corrected chi connectivity index (χ4v) is 2.95. The number of nitriles is 1. The van der Waals surface area contributed by atoms with Gasteiger partial charge in [-0.2, -0.15) is 5.26 Å². The summed E-state index contributed by atoms with van der Waals surface area (Å²) >= 11 is 0. The molecule has 1 unspecified atom stereocenters. The number of nitrogens with one attached hydrogen (secondary N) is 1. The summed E-state index contributed by atoms with van der Waals surface area (Å²) in [6.07, 6.45) is 0. The topological polar surface area (TPSA) is 74.0 Å². The number of anilines is 1. The van der Waals surface area contributed by atoms with Crippen molar-refractivity contribution >= 4 is 16.7 Å². The van der Waals surface area contributed by atoms with Gasteiger partial charge in [-0.3, -0.25) is 4.79 Å². The van der Waals surface area contributed by atoms with Gasteiger partial charge in [-0.1, -0.05) is 0 Å². The number of aromatic nitrogens is 2. The van der Waals surface area contributed by atoms with Crippen LogP contribution in [0.15, 0.2) is 23.0 Å². The average molecular weight is 297 g/mol. The van der Waals surface area contributed by atoms with E-state index in [1.54, 1.807) is 29.8 Å². The maximum Gasteiger partial charge on any atom is 0.252 e. The van der Waals surface area contributed by atoms with E-state index in [1.165, 1.54) is 0 Å². The van der Waals surface area contributed by atoms with Gasteiger partial charge in [-0.15, -0.1) is 0 Å². The Kier molecular flexibility index (Phi) is 3.59. The molecule has 6 nitrogen and oxygen atoms in total. The lowest BCUT2D eigenvalue weighted by Crippen LogP contribution is -2.54. The summed E-state index contributed by atoms with van der Waals surface area (Å²) in [6.45, 7) is 5.91. The Morgan fingerprint density at radius 3 is 2.91 bits per heavy atom. The summed E-state index contributed by atoms with van der Waals surface area (Å²) in [6, 6.07) is 7.75. The SMILES string of the molecule is CC1CN[C@H](C)CN1c1cc(=O)n(C)c2ccc(C#N)nc12. The summed E-state index contributed by atoms with van der Waals surface area (Å²) in [5, 5.41) is 12.5. The lowest BCUT2D eigenvalue weighted by molar-refractivity contribution is 0.425. The molecule has 2 aromatic heterocycles. The third-order valence-electron chi connectivity index (χ3n) is 4.26. The van der Waals surface area contributed by atoms with Crippen molar-refractivity contribution in [1.29, 1.82) is 5.26 Å². The molecule has 3 rings (SSSR count). The molecule has 0 aromatic carbocycles. The van der Waals surface area contributed by atoms with Gasteiger partial charge in [0.05, 0.1) is 11.2 Å². The van der Waals surface area contributed by atoms with Gasteiger partial charge >= 0.3 is 0 Å². The number of rotatable bonds is 1. The van der Waals surface area contributed by atoms with Crippen molar-refractivity contribution < 1.29 is 0 Å². The van der Waals surface area contributed by atoms with E-state index in [2.05, 4.69) is 35.1 Å². The van der Waals surface area contributed by atoms with E-state index in [1.807, 2.05) is 0 Å². The summed E-state index contributed by atoms with van der Waals surface area (Å²) in [4.78, 5) is 18.9. The molecule has 1 aliphatic rings. The lowest BCUT2D eigenvalue weighted by Gasteiger charge is -2.39. The number of fused-ring (bicyclic) bond motifs is 1. The molecule has 1 saturated heterocycles. The van der Waals surface area contributed by atoms with Crippen LogP contribution in [0.5, 0.6) is 0 Å². The van der Waals surface area contributed by atoms with Gasteiger partial charge in [0.25, 0.3) is 5.56 Å². The zero-order valence-corrected chi connectivity index (χ0v) is 13.0. The van der Waals surface area contributed by atoms with E-state index in [9.17, 15) is 4.79 Å². The minimum absolute atomic E-state index is 0.0626. The minimum atomic E-state index is -0.0626. The zero-order valence-electron chi connectivity index (χ0n) is 13.0. The maximum absolute atomic E-state index is 12.3. The molecular weight excluding hydrogens is 278 g/mol. The fourth-order valence-electron chi connectivity index (χ4n) is 2.95. The second kappa shape index (κ2) is 5.43. The van der Waals surface area contributed by atoms with E-state index >= 15 is 0 Å². The standard InChI is InChI=1S/C16H19N5O/c1-10-9-21(11(2)8-18-10)14-6-15(22)20(3)13-5-4-12(7-17)19-16(13)14/h4-6,10-11,18H,8-9H2,1-3H3/t10-,11?/m1/s1. The molecule has 2 atom stereocenters. The van der Waals surface area contributed by atoms with Crippen LogP contribution in [0.1, 0.15) is 19.5 Å². The minimum Gasteiger partial charge on any atom is -0.364 e. The zero-order chi connectivity index (χ0) is 15.9. The summed E-state index contributed by atoms with van der Waals surface area (Å²) in [5.74, 6) is 0. The Morgan fingerprint density at radius 1 is 1.41 bits per heavy atom. The number of hydrogen-bond donors (Lipinski definition) is 1. The number of piperazine rings is 1. The Balaban J connectivity index is 2.26. The quantitative estimate of drug-likeness (QED) is 0.850. The van der Waals surface area contributed by atoms with Gasteiger partial charge in [0.2, 0.25) is 0 Å². The fraction of sp³-hybridized carbons (Fsp3) is 0.438. The molecule has 0 spiro atoms. The molecule has 0 bridgehead atoms. The highest BCUT2D eigenvalue weighted by molar-refractivity contribution is 5.88. The van der Waals surface area contributed by atoms with Crippen molar-refractivity contribution in [1.82, 2.24) is 14.9 Å². The largest absolute Gasteiger partial charge is 0.364 e. The molecule has 1 N–H and O–H groups in total. The first-order chi connectivity index (χ1) is 10.5. The van der Waals surface area contributed by atoms with Crippen molar-refractivity contribution in [2.75, 3.05) is 18.0 Å². The van der Waals surface area contributed by atoms with Gasteiger partial charge in [0, 0.05) is 38.3 Å². The first-order valence-corrected chi connectivity index (χ1v) is 7.42. The molecule has 3 heterocycles. The highest BCUT2D eigenvalue weighted by Crippen LogP contribution is 2.26. The smallest absolute Gasteiger partial charge is 0.252 e. The predicted molar refractivity (Wildman–Crippen MR) is 86.0 cm³/mol. The molecule has 0 aliphatic carbocycles. The molecule has 114 valence electrons. The average Bonchev–Trinajstić information content (AvgIpc) is 2.53. The Labute approximate surface area is 129 Å². The van der Waals surface area contributed by atoms with Crippen molar-refractivity contribution in [2.24, 2.45) is 7.05 Å². The first kappa shape index (κ1) is 14.5. The van der Waals surface area contributed by atoms with Crippen LogP contribution < -0.4 is 15.8 Å². The third-order valence-corrected chi connectivity index (χ3v) is 4.26. The van der Waals surface area contributed by atoms with Gasteiger partial charge in [0.15, 0.2) is 0 Å². The highest BCUT2D eigenvalue weighted by Gasteiger charge is 2.25. The van der Waals surface area contributed by atoms with Crippen molar-refractivity contribution in [3.8, 4) is 6.07 Å². The summed E-state index contributed by atoms with van der Waals surface area (Å²) < 4.78 is 1.57. The van der Waals surface area contributed by atoms with Crippen LogP contribution in [-0.2, 0) is 7.05 Å². The number of pyridine rings is 2. The second-order valence-electron chi connectivity index (χ2n) is 5.91. The van der Waals surface area contributed by atoms with Crippen LogP contribution in [0, 0.1) is 11.3 Å². The maximum atomic E-state index is 12.3. The summed E-state index contributed by atoms with van der Waals surface area (Å²) in [7, 11) is 1.73. The van der Waals surface area contributed by atoms with Crippen LogP contribution >= 0.6 is 0 Å². The first-order valence-electron chi connectivity index (χ1n) is 7.42. The van der Waals surface area contributed by atoms with Crippen LogP contribution in [-0.4, -0.2) is 34.7 Å². The van der Waals surface area contributed by atoms with Gasteiger partial charge in [-0.05, 0) is 26.0 Å².